The molecular formula is C35H47N3O4. The monoisotopic (exact) mass is 573 g/mol. The van der Waals surface area contributed by atoms with Crippen molar-refractivity contribution in [3.63, 3.8) is 0 Å². The van der Waals surface area contributed by atoms with Gasteiger partial charge in [0.25, 0.3) is 0 Å². The van der Waals surface area contributed by atoms with Gasteiger partial charge in [-0.25, -0.2) is 0 Å². The number of rotatable bonds is 12. The minimum Gasteiger partial charge on any atom is -0.496 e. The number of hydrogen-bond donors (Lipinski definition) is 2. The molecular weight excluding hydrogens is 526 g/mol. The minimum atomic E-state index is -0.0707. The first-order chi connectivity index (χ1) is 20.0. The summed E-state index contributed by atoms with van der Waals surface area (Å²) in [6.45, 7) is 15.0. The molecule has 3 aromatic rings. The first-order valence-electron chi connectivity index (χ1n) is 14.5. The number of carbonyl (C=O) groups is 2. The van der Waals surface area contributed by atoms with Gasteiger partial charge in [0.15, 0.2) is 5.76 Å². The molecule has 7 heteroatoms. The number of carbonyl (C=O) groups excluding carboxylic acids is 2. The van der Waals surface area contributed by atoms with Crippen LogP contribution in [0.4, 0.5) is 5.69 Å². The van der Waals surface area contributed by atoms with Crippen molar-refractivity contribution >= 4 is 18.0 Å². The van der Waals surface area contributed by atoms with Crippen molar-refractivity contribution in [2.45, 2.75) is 86.1 Å². The lowest BCUT2D eigenvalue weighted by atomic mass is 9.86. The first-order valence-corrected chi connectivity index (χ1v) is 14.5. The summed E-state index contributed by atoms with van der Waals surface area (Å²) >= 11 is 0. The van der Waals surface area contributed by atoms with Crippen LogP contribution in [0.25, 0.3) is 11.3 Å². The molecule has 0 aliphatic rings. The average Bonchev–Trinajstić information content (AvgIpc) is 3.43. The van der Waals surface area contributed by atoms with Gasteiger partial charge >= 0.3 is 0 Å². The molecule has 0 aliphatic heterocycles. The smallest absolute Gasteiger partial charge is 0.247 e. The van der Waals surface area contributed by atoms with Gasteiger partial charge in [0, 0.05) is 22.9 Å². The Hall–Kier alpha value is -4.13. The first kappa shape index (κ1) is 34.1. The highest BCUT2D eigenvalue weighted by Crippen LogP contribution is 2.28. The van der Waals surface area contributed by atoms with E-state index in [2.05, 4.69) is 68.6 Å². The van der Waals surface area contributed by atoms with Crippen LogP contribution in [0.5, 0.6) is 5.75 Å². The zero-order valence-electron chi connectivity index (χ0n) is 26.5. The molecule has 226 valence electrons. The third-order valence-corrected chi connectivity index (χ3v) is 6.75. The maximum absolute atomic E-state index is 12.5. The second kappa shape index (κ2) is 17.0. The third-order valence-electron chi connectivity index (χ3n) is 6.75. The van der Waals surface area contributed by atoms with Gasteiger partial charge in [-0.1, -0.05) is 75.7 Å². The number of hydrogen-bond acceptors (Lipinski definition) is 5. The number of anilines is 1. The van der Waals surface area contributed by atoms with Crippen LogP contribution in [-0.2, 0) is 21.5 Å². The van der Waals surface area contributed by atoms with Crippen molar-refractivity contribution in [2.75, 3.05) is 12.4 Å². The van der Waals surface area contributed by atoms with E-state index in [1.807, 2.05) is 56.3 Å². The number of aromatic nitrogens is 1. The molecule has 0 radical (unpaired) electrons. The number of amides is 2. The van der Waals surface area contributed by atoms with E-state index in [-0.39, 0.29) is 17.9 Å². The normalized spacial score (nSPS) is 11.6. The van der Waals surface area contributed by atoms with Crippen LogP contribution < -0.4 is 15.4 Å². The Morgan fingerprint density at radius 3 is 2.43 bits per heavy atom. The molecule has 0 spiro atoms. The maximum atomic E-state index is 12.5. The fraction of sp³-hybridized carbons (Fsp3) is 0.400. The van der Waals surface area contributed by atoms with Gasteiger partial charge < -0.3 is 19.9 Å². The largest absolute Gasteiger partial charge is 0.496 e. The summed E-state index contributed by atoms with van der Waals surface area (Å²) in [5, 5.41) is 9.67. The number of nitrogens with one attached hydrogen (secondary N) is 2. The summed E-state index contributed by atoms with van der Waals surface area (Å²) < 4.78 is 10.6. The molecule has 3 rings (SSSR count). The zero-order chi connectivity index (χ0) is 31.1. The summed E-state index contributed by atoms with van der Waals surface area (Å²) in [4.78, 5) is 23.2. The number of aryl methyl sites for hydroxylation is 2. The standard InChI is InChI=1S/C23H29N3O3.C12H18O/c1-4-6-7-8-10-18(9-5-2)23(28)24-15-20-14-22(26-29-20)21-13-19(25-16-27)12-11-17(21)3;1-9-8-10(12(2,3)4)6-7-11(9)13-5/h4,6,10-14,16H,5,7-9,15H2,1-3H3,(H,24,28)(H,25,27);6-8H,1-5H3/b6-4-,18-10+;. The van der Waals surface area contributed by atoms with Crippen LogP contribution in [0.1, 0.15) is 82.8 Å². The van der Waals surface area contributed by atoms with Gasteiger partial charge in [-0.3, -0.25) is 9.59 Å². The van der Waals surface area contributed by atoms with Crippen LogP contribution in [0.3, 0.4) is 0 Å². The van der Waals surface area contributed by atoms with Crippen molar-refractivity contribution in [1.82, 2.24) is 10.5 Å². The molecule has 2 aromatic carbocycles. The van der Waals surface area contributed by atoms with Crippen molar-refractivity contribution in [1.29, 1.82) is 0 Å². The highest BCUT2D eigenvalue weighted by atomic mass is 16.5. The number of nitrogens with zero attached hydrogens (tertiary/aromatic N) is 1. The fourth-order valence-electron chi connectivity index (χ4n) is 4.30. The van der Waals surface area contributed by atoms with E-state index < -0.39 is 0 Å². The van der Waals surface area contributed by atoms with E-state index in [0.717, 1.165) is 48.1 Å². The molecule has 0 saturated carbocycles. The highest BCUT2D eigenvalue weighted by molar-refractivity contribution is 5.93. The van der Waals surface area contributed by atoms with E-state index in [9.17, 15) is 9.59 Å². The average molecular weight is 574 g/mol. The summed E-state index contributed by atoms with van der Waals surface area (Å²) in [5.74, 6) is 1.47. The molecule has 0 atom stereocenters. The van der Waals surface area contributed by atoms with E-state index in [4.69, 9.17) is 9.26 Å². The lowest BCUT2D eigenvalue weighted by Gasteiger charge is -2.20. The quantitative estimate of drug-likeness (QED) is 0.0985. The van der Waals surface area contributed by atoms with E-state index in [1.165, 1.54) is 11.1 Å². The zero-order valence-corrected chi connectivity index (χ0v) is 26.5. The van der Waals surface area contributed by atoms with Crippen LogP contribution in [0.2, 0.25) is 0 Å². The van der Waals surface area contributed by atoms with E-state index in [1.54, 1.807) is 7.11 Å². The molecule has 0 unspecified atom stereocenters. The van der Waals surface area contributed by atoms with Gasteiger partial charge in [0.05, 0.1) is 13.7 Å². The van der Waals surface area contributed by atoms with Crippen molar-refractivity contribution < 1.29 is 18.8 Å². The fourth-order valence-corrected chi connectivity index (χ4v) is 4.30. The summed E-state index contributed by atoms with van der Waals surface area (Å²) in [6, 6.07) is 13.7. The van der Waals surface area contributed by atoms with Crippen molar-refractivity contribution in [2.24, 2.45) is 0 Å². The molecule has 0 fully saturated rings. The Labute approximate surface area is 251 Å². The highest BCUT2D eigenvalue weighted by Gasteiger charge is 2.15. The number of allylic oxidation sites excluding steroid dienone is 3. The Morgan fingerprint density at radius 2 is 1.81 bits per heavy atom. The van der Waals surface area contributed by atoms with E-state index in [0.29, 0.717) is 23.6 Å². The molecule has 0 saturated heterocycles. The third kappa shape index (κ3) is 10.7. The number of unbranched alkanes of at least 4 members (excludes halogenated alkanes) is 1. The van der Waals surface area contributed by atoms with Gasteiger partial charge in [0.2, 0.25) is 12.3 Å². The second-order valence-corrected chi connectivity index (χ2v) is 11.2. The van der Waals surface area contributed by atoms with E-state index >= 15 is 0 Å². The summed E-state index contributed by atoms with van der Waals surface area (Å²) in [6.07, 6.45) is 10.2. The van der Waals surface area contributed by atoms with Crippen molar-refractivity contribution in [3.8, 4) is 17.0 Å². The number of methoxy groups -OCH3 is 1. The molecule has 42 heavy (non-hydrogen) atoms. The Bertz CT molecular complexity index is 1360. The van der Waals surface area contributed by atoms with Gasteiger partial charge in [0.1, 0.15) is 11.4 Å². The molecule has 0 bridgehead atoms. The number of ether oxygens (including phenoxy) is 1. The number of benzene rings is 2. The molecule has 1 heterocycles. The molecule has 2 amide bonds. The summed E-state index contributed by atoms with van der Waals surface area (Å²) in [5.41, 5.74) is 6.81. The predicted octanol–water partition coefficient (Wildman–Crippen LogP) is 8.22. The summed E-state index contributed by atoms with van der Waals surface area (Å²) in [7, 11) is 1.71. The second-order valence-electron chi connectivity index (χ2n) is 11.2. The lowest BCUT2D eigenvalue weighted by molar-refractivity contribution is -0.118. The topological polar surface area (TPSA) is 93.5 Å². The van der Waals surface area contributed by atoms with Crippen LogP contribution in [-0.4, -0.2) is 24.6 Å². The Balaban J connectivity index is 0.000000395. The Kier molecular flexibility index (Phi) is 13.8. The molecule has 0 aliphatic carbocycles. The SMILES string of the molecule is C/C=C\CC/C=C(\CCC)C(=O)NCc1cc(-c2cc(NC=O)ccc2C)no1.COc1ccc(C(C)(C)C)cc1C. The maximum Gasteiger partial charge on any atom is 0.247 e. The molecule has 7 nitrogen and oxygen atoms in total. The molecule has 1 aromatic heterocycles. The predicted molar refractivity (Wildman–Crippen MR) is 172 cm³/mol. The van der Waals surface area contributed by atoms with Gasteiger partial charge in [-0.15, -0.1) is 0 Å². The lowest BCUT2D eigenvalue weighted by Crippen LogP contribution is -2.24. The van der Waals surface area contributed by atoms with Crippen LogP contribution >= 0.6 is 0 Å². The van der Waals surface area contributed by atoms with Gasteiger partial charge in [-0.05, 0) is 80.3 Å². The van der Waals surface area contributed by atoms with Crippen molar-refractivity contribution in [3.05, 3.63) is 88.7 Å². The Morgan fingerprint density at radius 1 is 1.05 bits per heavy atom. The molecule has 2 N–H and O–H groups in total. The minimum absolute atomic E-state index is 0.0707. The van der Waals surface area contributed by atoms with Crippen LogP contribution in [0, 0.1) is 13.8 Å². The van der Waals surface area contributed by atoms with Gasteiger partial charge in [-0.2, -0.15) is 0 Å². The van der Waals surface area contributed by atoms with Crippen LogP contribution in [0.15, 0.2) is 70.8 Å².